The molecule has 0 aromatic heterocycles. The average molecular weight is 631 g/mol. The van der Waals surface area contributed by atoms with Crippen molar-refractivity contribution in [2.45, 2.75) is 101 Å². The van der Waals surface area contributed by atoms with Crippen molar-refractivity contribution in [2.75, 3.05) is 13.1 Å². The first-order valence-corrected chi connectivity index (χ1v) is 18.5. The fraction of sp³-hybridized carbons (Fsp3) is 0.760. The summed E-state index contributed by atoms with van der Waals surface area (Å²) in [6, 6.07) is 0. The smallest absolute Gasteiger partial charge is 0.875 e. The second-order valence-corrected chi connectivity index (χ2v) is 21.9. The van der Waals surface area contributed by atoms with E-state index in [9.17, 15) is 10.2 Å². The topological polar surface area (TPSA) is 84.9 Å². The first-order chi connectivity index (χ1) is 14.0. The van der Waals surface area contributed by atoms with Crippen molar-refractivity contribution >= 4 is 27.9 Å². The molecular weight excluding hydrogens is 581 g/mol. The summed E-state index contributed by atoms with van der Waals surface area (Å²) in [5.41, 5.74) is 0.765. The largest absolute Gasteiger partial charge is 3.00 e. The summed E-state index contributed by atoms with van der Waals surface area (Å²) in [6.45, 7) is 30.1. The molecule has 0 rings (SSSR count). The molecular formula is C25H50N3O2Si2Sm. The van der Waals surface area contributed by atoms with E-state index in [1.54, 1.807) is 12.2 Å². The maximum absolute atomic E-state index is 11.8. The van der Waals surface area contributed by atoms with Gasteiger partial charge in [0.15, 0.2) is 0 Å². The number of rotatable bonds is 8. The Morgan fingerprint density at radius 3 is 1.15 bits per heavy atom. The molecule has 0 N–H and O–H groups in total. The monoisotopic (exact) mass is 632 g/mol. The van der Waals surface area contributed by atoms with Crippen molar-refractivity contribution in [1.29, 1.82) is 0 Å². The minimum atomic E-state index is -1.11. The van der Waals surface area contributed by atoms with Gasteiger partial charge in [-0.15, -0.1) is 11.5 Å². The predicted molar refractivity (Wildman–Crippen MR) is 146 cm³/mol. The molecule has 0 spiro atoms. The first-order valence-electron chi connectivity index (χ1n) is 11.6. The van der Waals surface area contributed by atoms with Gasteiger partial charge < -0.3 is 14.9 Å². The summed E-state index contributed by atoms with van der Waals surface area (Å²) >= 11 is 0. The molecule has 0 aliphatic rings. The van der Waals surface area contributed by atoms with Crippen LogP contribution < -0.4 is 10.2 Å². The van der Waals surface area contributed by atoms with Gasteiger partial charge in [0.1, 0.15) is 0 Å². The number of aliphatic imine (C=N–C) groups is 2. The van der Waals surface area contributed by atoms with Crippen LogP contribution in [0.15, 0.2) is 33.7 Å². The molecule has 0 atom stereocenters. The van der Waals surface area contributed by atoms with Crippen LogP contribution in [0, 0.1) is 51.2 Å². The average Bonchev–Trinajstić information content (AvgIpc) is 2.49. The Bertz CT molecular complexity index is 630. The molecule has 0 fully saturated rings. The molecule has 0 heterocycles. The normalized spacial score (nSPS) is 15.0. The van der Waals surface area contributed by atoms with Gasteiger partial charge in [0.05, 0.1) is 0 Å². The van der Waals surface area contributed by atoms with Crippen LogP contribution in [0.25, 0.3) is 4.65 Å². The molecule has 0 unspecified atom stereocenters. The van der Waals surface area contributed by atoms with Gasteiger partial charge in [-0.2, -0.15) is 0 Å². The van der Waals surface area contributed by atoms with Gasteiger partial charge in [-0.1, -0.05) is 109 Å². The molecule has 0 amide bonds. The Morgan fingerprint density at radius 2 is 0.970 bits per heavy atom. The van der Waals surface area contributed by atoms with Crippen molar-refractivity contribution in [3.63, 3.8) is 0 Å². The standard InChI is InChI=1S/C19H34N2O2.C6H18NSi2.Sm/c1-14(12-16(22)18(3,4)5)20-10-9-11-21-15(2)13-17(23)19(6,7)8;1-8(2,3)7-9(4,5)6;/h12-13,22-23H,9-11H2,1-8H3;1-6H3;/q;-1;+3/p-2/b16-12-,17-13-,20-14?,21-15?;;. The molecule has 0 bridgehead atoms. The van der Waals surface area contributed by atoms with Crippen molar-refractivity contribution in [2.24, 2.45) is 20.8 Å². The summed E-state index contributed by atoms with van der Waals surface area (Å²) in [4.78, 5) is 8.74. The fourth-order valence-electron chi connectivity index (χ4n) is 2.49. The maximum Gasteiger partial charge on any atom is 3.00 e. The van der Waals surface area contributed by atoms with Crippen molar-refractivity contribution < 1.29 is 50.6 Å². The van der Waals surface area contributed by atoms with Gasteiger partial charge >= 0.3 is 40.4 Å². The third-order valence-electron chi connectivity index (χ3n) is 3.87. The van der Waals surface area contributed by atoms with E-state index in [0.29, 0.717) is 13.1 Å². The summed E-state index contributed by atoms with van der Waals surface area (Å²) in [7, 11) is -2.21. The van der Waals surface area contributed by atoms with Crippen molar-refractivity contribution in [3.8, 4) is 0 Å². The van der Waals surface area contributed by atoms with Crippen LogP contribution in [0.2, 0.25) is 39.3 Å². The summed E-state index contributed by atoms with van der Waals surface area (Å²) in [5, 5.41) is 23.7. The summed E-state index contributed by atoms with van der Waals surface area (Å²) in [6.07, 6.45) is 4.00. The molecule has 0 aromatic carbocycles. The van der Waals surface area contributed by atoms with Crippen LogP contribution in [0.1, 0.15) is 61.8 Å². The quantitative estimate of drug-likeness (QED) is 0.145. The fourth-order valence-corrected chi connectivity index (χ4v) is 10.5. The number of nitrogens with zero attached hydrogens (tertiary/aromatic N) is 3. The van der Waals surface area contributed by atoms with E-state index in [4.69, 9.17) is 4.65 Å². The Morgan fingerprint density at radius 1 is 0.697 bits per heavy atom. The van der Waals surface area contributed by atoms with Gasteiger partial charge in [0.25, 0.3) is 0 Å². The molecule has 33 heavy (non-hydrogen) atoms. The summed E-state index contributed by atoms with van der Waals surface area (Å²) < 4.78 is 4.82. The zero-order valence-electron chi connectivity index (χ0n) is 23.8. The zero-order chi connectivity index (χ0) is 26.0. The molecule has 0 saturated carbocycles. The molecule has 1 radical (unpaired) electrons. The van der Waals surface area contributed by atoms with Gasteiger partial charge in [0, 0.05) is 24.5 Å². The third-order valence-corrected chi connectivity index (χ3v) is 9.23. The van der Waals surface area contributed by atoms with Crippen LogP contribution in [0.4, 0.5) is 0 Å². The van der Waals surface area contributed by atoms with Crippen LogP contribution in [-0.2, 0) is 0 Å². The van der Waals surface area contributed by atoms with Gasteiger partial charge in [-0.05, 0) is 31.1 Å². The van der Waals surface area contributed by atoms with E-state index in [1.807, 2.05) is 55.4 Å². The van der Waals surface area contributed by atoms with Crippen molar-refractivity contribution in [1.82, 2.24) is 0 Å². The van der Waals surface area contributed by atoms with E-state index in [-0.39, 0.29) is 62.7 Å². The maximum atomic E-state index is 11.8. The Labute approximate surface area is 240 Å². The van der Waals surface area contributed by atoms with E-state index in [0.717, 1.165) is 17.8 Å². The number of hydrogen-bond donors (Lipinski definition) is 0. The summed E-state index contributed by atoms with van der Waals surface area (Å²) in [5.74, 6) is 0.172. The molecule has 0 saturated heterocycles. The van der Waals surface area contributed by atoms with Crippen LogP contribution in [0.5, 0.6) is 0 Å². The Hall–Kier alpha value is 0.151. The van der Waals surface area contributed by atoms with E-state index in [1.165, 1.54) is 0 Å². The molecule has 5 nitrogen and oxygen atoms in total. The third kappa shape index (κ3) is 25.1. The van der Waals surface area contributed by atoms with E-state index >= 15 is 0 Å². The SMILES string of the molecule is CC(/C=C(\[O-])C(C)(C)C)=NCCCN=C(C)/C=C(\[O-])C(C)(C)C.C[Si](C)(C)[N-][Si](C)(C)C.[Sm+3]. The number of allylic oxidation sites excluding steroid dienone is 4. The van der Waals surface area contributed by atoms with Gasteiger partial charge in [-0.25, -0.2) is 0 Å². The van der Waals surface area contributed by atoms with Crippen LogP contribution in [0.3, 0.4) is 0 Å². The zero-order valence-corrected chi connectivity index (χ0v) is 28.5. The molecule has 8 heteroatoms. The first kappa shape index (κ1) is 37.7. The molecule has 191 valence electrons. The number of hydrogen-bond acceptors (Lipinski definition) is 4. The molecule has 0 aromatic rings. The molecule has 0 aliphatic heterocycles. The van der Waals surface area contributed by atoms with Gasteiger partial charge in [0.2, 0.25) is 0 Å². The second-order valence-electron chi connectivity index (χ2n) is 12.4. The van der Waals surface area contributed by atoms with Gasteiger partial charge in [-0.3, -0.25) is 9.98 Å². The van der Waals surface area contributed by atoms with Crippen molar-refractivity contribution in [3.05, 3.63) is 28.3 Å². The van der Waals surface area contributed by atoms with Crippen LogP contribution in [-0.4, -0.2) is 41.0 Å². The molecule has 0 aliphatic carbocycles. The Balaban J connectivity index is -0.000000760. The predicted octanol–water partition coefficient (Wildman–Crippen LogP) is 5.91. The minimum absolute atomic E-state index is 0. The van der Waals surface area contributed by atoms with E-state index < -0.39 is 16.5 Å². The van der Waals surface area contributed by atoms with E-state index in [2.05, 4.69) is 49.3 Å². The second kappa shape index (κ2) is 16.0. The van der Waals surface area contributed by atoms with Crippen LogP contribution >= 0.6 is 0 Å². The Kier molecular flexibility index (Phi) is 18.3. The minimum Gasteiger partial charge on any atom is -0.875 e.